The molecule has 0 spiro atoms. The second-order valence-electron chi connectivity index (χ2n) is 7.14. The van der Waals surface area contributed by atoms with Gasteiger partial charge in [-0.3, -0.25) is 4.79 Å². The van der Waals surface area contributed by atoms with Gasteiger partial charge in [-0.05, 0) is 61.2 Å². The number of sulfonamides is 1. The predicted molar refractivity (Wildman–Crippen MR) is 109 cm³/mol. The van der Waals surface area contributed by atoms with Gasteiger partial charge in [-0.25, -0.2) is 13.2 Å². The Hall–Kier alpha value is -2.71. The number of anilines is 1. The Balaban J connectivity index is 1.71. The molecule has 2 aromatic carbocycles. The van der Waals surface area contributed by atoms with Crippen molar-refractivity contribution in [3.63, 3.8) is 0 Å². The molecule has 8 heteroatoms. The van der Waals surface area contributed by atoms with E-state index >= 15 is 0 Å². The summed E-state index contributed by atoms with van der Waals surface area (Å²) in [6, 6.07) is 12.3. The number of esters is 1. The second-order valence-corrected chi connectivity index (χ2v) is 9.08. The van der Waals surface area contributed by atoms with Gasteiger partial charge in [0.05, 0.1) is 17.6 Å². The number of hydrogen-bond donors (Lipinski definition) is 1. The number of amides is 1. The quantitative estimate of drug-likeness (QED) is 0.756. The Labute approximate surface area is 170 Å². The summed E-state index contributed by atoms with van der Waals surface area (Å²) < 4.78 is 31.7. The van der Waals surface area contributed by atoms with Crippen LogP contribution in [0.3, 0.4) is 0 Å². The first-order valence-corrected chi connectivity index (χ1v) is 10.8. The van der Waals surface area contributed by atoms with Crippen LogP contribution in [0.2, 0.25) is 0 Å². The van der Waals surface area contributed by atoms with E-state index in [1.54, 1.807) is 30.3 Å². The maximum Gasteiger partial charge on any atom is 0.337 e. The van der Waals surface area contributed by atoms with Crippen molar-refractivity contribution in [3.05, 3.63) is 59.7 Å². The third-order valence-electron chi connectivity index (χ3n) is 5.04. The van der Waals surface area contributed by atoms with E-state index in [0.717, 1.165) is 12.8 Å². The number of hydrogen-bond acceptors (Lipinski definition) is 5. The first-order chi connectivity index (χ1) is 13.8. The molecule has 3 rings (SSSR count). The molecule has 1 heterocycles. The number of nitrogens with one attached hydrogen (secondary N) is 1. The van der Waals surface area contributed by atoms with Crippen molar-refractivity contribution >= 4 is 27.6 Å². The molecule has 1 fully saturated rings. The molecule has 1 saturated heterocycles. The summed E-state index contributed by atoms with van der Waals surface area (Å²) in [7, 11) is -2.26. The third-order valence-corrected chi connectivity index (χ3v) is 6.95. The van der Waals surface area contributed by atoms with Crippen LogP contribution in [-0.4, -0.2) is 44.8 Å². The van der Waals surface area contributed by atoms with Gasteiger partial charge in [-0.1, -0.05) is 13.0 Å². The lowest BCUT2D eigenvalue weighted by atomic mass is 10.0. The summed E-state index contributed by atoms with van der Waals surface area (Å²) in [6.07, 6.45) is 1.72. The van der Waals surface area contributed by atoms with Crippen LogP contribution in [-0.2, 0) is 14.8 Å². The minimum atomic E-state index is -3.53. The largest absolute Gasteiger partial charge is 0.465 e. The molecular formula is C21H24N2O5S. The van der Waals surface area contributed by atoms with E-state index in [2.05, 4.69) is 17.0 Å². The van der Waals surface area contributed by atoms with E-state index < -0.39 is 21.9 Å². The predicted octanol–water partition coefficient (Wildman–Crippen LogP) is 3.15. The van der Waals surface area contributed by atoms with Crippen molar-refractivity contribution in [1.82, 2.24) is 4.31 Å². The van der Waals surface area contributed by atoms with E-state index in [1.165, 1.54) is 29.6 Å². The van der Waals surface area contributed by atoms with Crippen molar-refractivity contribution in [1.29, 1.82) is 0 Å². The van der Waals surface area contributed by atoms with Gasteiger partial charge in [0.25, 0.3) is 5.91 Å². The van der Waals surface area contributed by atoms with Crippen LogP contribution in [0.25, 0.3) is 0 Å². The molecule has 0 aromatic heterocycles. The van der Waals surface area contributed by atoms with Crippen LogP contribution in [0, 0.1) is 5.92 Å². The fourth-order valence-electron chi connectivity index (χ4n) is 3.19. The first kappa shape index (κ1) is 21.0. The zero-order chi connectivity index (χ0) is 21.0. The van der Waals surface area contributed by atoms with Crippen LogP contribution >= 0.6 is 0 Å². The van der Waals surface area contributed by atoms with Gasteiger partial charge in [0.2, 0.25) is 10.0 Å². The lowest BCUT2D eigenvalue weighted by molar-refractivity contribution is 0.0600. The van der Waals surface area contributed by atoms with Crippen molar-refractivity contribution in [3.8, 4) is 0 Å². The first-order valence-electron chi connectivity index (χ1n) is 9.41. The van der Waals surface area contributed by atoms with Crippen LogP contribution in [0.4, 0.5) is 5.69 Å². The fraction of sp³-hybridized carbons (Fsp3) is 0.333. The summed E-state index contributed by atoms with van der Waals surface area (Å²) in [4.78, 5) is 24.3. The van der Waals surface area contributed by atoms with Crippen molar-refractivity contribution < 1.29 is 22.7 Å². The molecular weight excluding hydrogens is 392 g/mol. The van der Waals surface area contributed by atoms with Gasteiger partial charge in [0.15, 0.2) is 0 Å². The molecule has 0 bridgehead atoms. The van der Waals surface area contributed by atoms with Gasteiger partial charge in [-0.2, -0.15) is 4.31 Å². The average Bonchev–Trinajstić information content (AvgIpc) is 2.74. The van der Waals surface area contributed by atoms with Crippen LogP contribution in [0.5, 0.6) is 0 Å². The Bertz CT molecular complexity index is 994. The maximum atomic E-state index is 12.8. The van der Waals surface area contributed by atoms with Crippen molar-refractivity contribution in [2.24, 2.45) is 5.92 Å². The van der Waals surface area contributed by atoms with Crippen molar-refractivity contribution in [2.45, 2.75) is 24.7 Å². The van der Waals surface area contributed by atoms with E-state index in [1.807, 2.05) is 0 Å². The number of piperidine rings is 1. The summed E-state index contributed by atoms with van der Waals surface area (Å²) in [5.41, 5.74) is 1.04. The van der Waals surface area contributed by atoms with Crippen molar-refractivity contribution in [2.75, 3.05) is 25.5 Å². The number of carbonyl (C=O) groups excluding carboxylic acids is 2. The molecule has 0 saturated carbocycles. The second kappa shape index (κ2) is 8.75. The molecule has 154 valence electrons. The van der Waals surface area contributed by atoms with Gasteiger partial charge < -0.3 is 10.1 Å². The van der Waals surface area contributed by atoms with E-state index in [0.29, 0.717) is 30.3 Å². The molecule has 1 aliphatic rings. The van der Waals surface area contributed by atoms with Gasteiger partial charge in [0.1, 0.15) is 0 Å². The Morgan fingerprint density at radius 1 is 1.03 bits per heavy atom. The highest BCUT2D eigenvalue weighted by atomic mass is 32.2. The zero-order valence-corrected chi connectivity index (χ0v) is 17.2. The number of ether oxygens (including phenoxy) is 1. The molecule has 2 aromatic rings. The molecule has 1 amide bonds. The molecule has 29 heavy (non-hydrogen) atoms. The monoisotopic (exact) mass is 416 g/mol. The number of methoxy groups -OCH3 is 1. The molecule has 0 unspecified atom stereocenters. The standard InChI is InChI=1S/C21H24N2O5S/c1-15-10-12-23(13-11-15)29(26,27)19-8-6-18(7-9-19)22-20(24)16-4-3-5-17(14-16)21(25)28-2/h3-9,14-15H,10-13H2,1-2H3,(H,22,24). The minimum Gasteiger partial charge on any atom is -0.465 e. The van der Waals surface area contributed by atoms with Crippen LogP contribution in [0.15, 0.2) is 53.4 Å². The molecule has 1 aliphatic heterocycles. The van der Waals surface area contributed by atoms with Crippen LogP contribution in [0.1, 0.15) is 40.5 Å². The molecule has 1 N–H and O–H groups in total. The lowest BCUT2D eigenvalue weighted by Crippen LogP contribution is -2.37. The van der Waals surface area contributed by atoms with Gasteiger partial charge in [-0.15, -0.1) is 0 Å². The third kappa shape index (κ3) is 4.83. The highest BCUT2D eigenvalue weighted by molar-refractivity contribution is 7.89. The Morgan fingerprint density at radius 2 is 1.66 bits per heavy atom. The normalized spacial score (nSPS) is 15.7. The molecule has 0 radical (unpaired) electrons. The fourth-order valence-corrected chi connectivity index (χ4v) is 4.66. The smallest absolute Gasteiger partial charge is 0.337 e. The summed E-state index contributed by atoms with van der Waals surface area (Å²) >= 11 is 0. The summed E-state index contributed by atoms with van der Waals surface area (Å²) in [6.45, 7) is 3.18. The summed E-state index contributed by atoms with van der Waals surface area (Å²) in [5.74, 6) is -0.394. The number of rotatable bonds is 5. The zero-order valence-electron chi connectivity index (χ0n) is 16.4. The SMILES string of the molecule is COC(=O)c1cccc(C(=O)Nc2ccc(S(=O)(=O)N3CCC(C)CC3)cc2)c1. The van der Waals surface area contributed by atoms with E-state index in [9.17, 15) is 18.0 Å². The topological polar surface area (TPSA) is 92.8 Å². The van der Waals surface area contributed by atoms with Crippen LogP contribution < -0.4 is 5.32 Å². The van der Waals surface area contributed by atoms with E-state index in [4.69, 9.17) is 0 Å². The maximum absolute atomic E-state index is 12.8. The summed E-state index contributed by atoms with van der Waals surface area (Å²) in [5, 5.41) is 2.71. The average molecular weight is 416 g/mol. The molecule has 0 aliphatic carbocycles. The number of benzene rings is 2. The van der Waals surface area contributed by atoms with Gasteiger partial charge in [0, 0.05) is 24.3 Å². The minimum absolute atomic E-state index is 0.206. The van der Waals surface area contributed by atoms with Gasteiger partial charge >= 0.3 is 5.97 Å². The number of nitrogens with zero attached hydrogens (tertiary/aromatic N) is 1. The number of carbonyl (C=O) groups is 2. The highest BCUT2D eigenvalue weighted by Gasteiger charge is 2.27. The lowest BCUT2D eigenvalue weighted by Gasteiger charge is -2.29. The van der Waals surface area contributed by atoms with E-state index in [-0.39, 0.29) is 10.5 Å². The molecule has 0 atom stereocenters. The Kier molecular flexibility index (Phi) is 6.34. The highest BCUT2D eigenvalue weighted by Crippen LogP contribution is 2.24. The molecule has 7 nitrogen and oxygen atoms in total. The Morgan fingerprint density at radius 3 is 2.28 bits per heavy atom.